The highest BCUT2D eigenvalue weighted by atomic mass is 16.3. The Morgan fingerprint density at radius 1 is 1.27 bits per heavy atom. The van der Waals surface area contributed by atoms with Gasteiger partial charge in [0.2, 0.25) is 0 Å². The summed E-state index contributed by atoms with van der Waals surface area (Å²) in [5.41, 5.74) is 1.34. The average Bonchev–Trinajstić information content (AvgIpc) is 2.29. The second-order valence-corrected chi connectivity index (χ2v) is 4.10. The van der Waals surface area contributed by atoms with Crippen LogP contribution >= 0.6 is 0 Å². The van der Waals surface area contributed by atoms with Crippen molar-refractivity contribution in [2.75, 3.05) is 19.7 Å². The molecule has 0 aliphatic carbocycles. The van der Waals surface area contributed by atoms with E-state index in [1.807, 2.05) is 6.07 Å². The van der Waals surface area contributed by atoms with Crippen LogP contribution in [-0.4, -0.2) is 29.7 Å². The van der Waals surface area contributed by atoms with E-state index in [-0.39, 0.29) is 6.61 Å². The van der Waals surface area contributed by atoms with Gasteiger partial charge in [-0.05, 0) is 18.0 Å². The predicted octanol–water partition coefficient (Wildman–Crippen LogP) is 2.14. The highest BCUT2D eigenvalue weighted by Gasteiger charge is 2.07. The van der Waals surface area contributed by atoms with Gasteiger partial charge < -0.3 is 5.11 Å². The zero-order valence-corrected chi connectivity index (χ0v) is 9.69. The summed E-state index contributed by atoms with van der Waals surface area (Å²) < 4.78 is 0. The Bertz CT molecular complexity index is 260. The van der Waals surface area contributed by atoms with Gasteiger partial charge >= 0.3 is 0 Å². The topological polar surface area (TPSA) is 23.5 Å². The number of benzene rings is 1. The predicted molar refractivity (Wildman–Crippen MR) is 63.6 cm³/mol. The Hall–Kier alpha value is -0.860. The van der Waals surface area contributed by atoms with Crippen molar-refractivity contribution in [1.29, 1.82) is 0 Å². The minimum absolute atomic E-state index is 0.269. The third-order valence-electron chi connectivity index (χ3n) is 2.58. The van der Waals surface area contributed by atoms with E-state index in [0.717, 1.165) is 19.6 Å². The second kappa shape index (κ2) is 6.59. The van der Waals surface area contributed by atoms with Crippen molar-refractivity contribution in [2.45, 2.75) is 20.4 Å². The molecule has 2 heteroatoms. The fourth-order valence-electron chi connectivity index (χ4n) is 1.65. The van der Waals surface area contributed by atoms with Crippen LogP contribution < -0.4 is 0 Å². The number of nitrogens with zero attached hydrogens (tertiary/aromatic N) is 1. The van der Waals surface area contributed by atoms with E-state index in [2.05, 4.69) is 43.0 Å². The van der Waals surface area contributed by atoms with Crippen molar-refractivity contribution in [3.05, 3.63) is 35.9 Å². The number of hydrogen-bond donors (Lipinski definition) is 1. The van der Waals surface area contributed by atoms with E-state index in [0.29, 0.717) is 5.92 Å². The zero-order chi connectivity index (χ0) is 11.1. The molecule has 1 unspecified atom stereocenters. The maximum Gasteiger partial charge on any atom is 0.0468 e. The maximum absolute atomic E-state index is 9.02. The Morgan fingerprint density at radius 2 is 1.93 bits per heavy atom. The van der Waals surface area contributed by atoms with Gasteiger partial charge in [0.15, 0.2) is 0 Å². The van der Waals surface area contributed by atoms with Crippen LogP contribution in [0, 0.1) is 5.92 Å². The summed E-state index contributed by atoms with van der Waals surface area (Å²) in [5, 5.41) is 9.02. The fraction of sp³-hybridized carbons (Fsp3) is 0.538. The van der Waals surface area contributed by atoms with Crippen molar-refractivity contribution in [3.8, 4) is 0 Å². The molecule has 0 aliphatic rings. The van der Waals surface area contributed by atoms with Crippen LogP contribution in [0.1, 0.15) is 19.4 Å². The van der Waals surface area contributed by atoms with Crippen LogP contribution in [0.25, 0.3) is 0 Å². The first-order chi connectivity index (χ1) is 7.26. The zero-order valence-electron chi connectivity index (χ0n) is 9.69. The molecule has 0 spiro atoms. The van der Waals surface area contributed by atoms with Gasteiger partial charge in [-0.1, -0.05) is 44.2 Å². The van der Waals surface area contributed by atoms with Crippen molar-refractivity contribution in [2.24, 2.45) is 5.92 Å². The third-order valence-corrected chi connectivity index (χ3v) is 2.58. The van der Waals surface area contributed by atoms with Gasteiger partial charge in [-0.2, -0.15) is 0 Å². The van der Waals surface area contributed by atoms with E-state index < -0.39 is 0 Å². The fourth-order valence-corrected chi connectivity index (χ4v) is 1.65. The Kier molecular flexibility index (Phi) is 5.37. The Balaban J connectivity index is 2.47. The molecule has 0 aliphatic heterocycles. The van der Waals surface area contributed by atoms with Crippen LogP contribution in [0.4, 0.5) is 0 Å². The summed E-state index contributed by atoms with van der Waals surface area (Å²) in [4.78, 5) is 2.36. The third kappa shape index (κ3) is 4.45. The molecule has 84 valence electrons. The first-order valence-corrected chi connectivity index (χ1v) is 5.63. The molecule has 0 fully saturated rings. The van der Waals surface area contributed by atoms with E-state index in [1.165, 1.54) is 5.56 Å². The molecular formula is C13H21NO. The standard InChI is InChI=1S/C13H21NO/c1-3-14(9-12(2)11-15)10-13-7-5-4-6-8-13/h4-8,12,15H,3,9-11H2,1-2H3. The SMILES string of the molecule is CCN(Cc1ccccc1)CC(C)CO. The van der Waals surface area contributed by atoms with E-state index >= 15 is 0 Å². The summed E-state index contributed by atoms with van der Waals surface area (Å²) >= 11 is 0. The van der Waals surface area contributed by atoms with Gasteiger partial charge in [-0.3, -0.25) is 4.90 Å². The highest BCUT2D eigenvalue weighted by Crippen LogP contribution is 2.06. The molecule has 1 atom stereocenters. The molecule has 1 N–H and O–H groups in total. The molecule has 2 nitrogen and oxygen atoms in total. The van der Waals surface area contributed by atoms with Crippen LogP contribution in [0.15, 0.2) is 30.3 Å². The number of aliphatic hydroxyl groups is 1. The van der Waals surface area contributed by atoms with Crippen LogP contribution in [0.2, 0.25) is 0 Å². The Morgan fingerprint density at radius 3 is 2.47 bits per heavy atom. The summed E-state index contributed by atoms with van der Waals surface area (Å²) in [6.07, 6.45) is 0. The lowest BCUT2D eigenvalue weighted by Crippen LogP contribution is -2.29. The molecule has 0 aromatic heterocycles. The maximum atomic E-state index is 9.02. The molecule has 0 heterocycles. The number of rotatable bonds is 6. The minimum Gasteiger partial charge on any atom is -0.396 e. The number of hydrogen-bond acceptors (Lipinski definition) is 2. The minimum atomic E-state index is 0.269. The first kappa shape index (κ1) is 12.2. The largest absolute Gasteiger partial charge is 0.396 e. The smallest absolute Gasteiger partial charge is 0.0468 e. The Labute approximate surface area is 92.5 Å². The van der Waals surface area contributed by atoms with Crippen LogP contribution in [0.3, 0.4) is 0 Å². The first-order valence-electron chi connectivity index (χ1n) is 5.63. The summed E-state index contributed by atoms with van der Waals surface area (Å²) in [5.74, 6) is 0.355. The lowest BCUT2D eigenvalue weighted by Gasteiger charge is -2.23. The van der Waals surface area contributed by atoms with Gasteiger partial charge in [0.25, 0.3) is 0 Å². The van der Waals surface area contributed by atoms with Crippen LogP contribution in [0.5, 0.6) is 0 Å². The van der Waals surface area contributed by atoms with Crippen molar-refractivity contribution >= 4 is 0 Å². The lowest BCUT2D eigenvalue weighted by molar-refractivity contribution is 0.173. The average molecular weight is 207 g/mol. The molecule has 1 aromatic rings. The van der Waals surface area contributed by atoms with E-state index in [1.54, 1.807) is 0 Å². The number of aliphatic hydroxyl groups excluding tert-OH is 1. The summed E-state index contributed by atoms with van der Waals surface area (Å²) in [7, 11) is 0. The van der Waals surface area contributed by atoms with Gasteiger partial charge in [0.1, 0.15) is 0 Å². The van der Waals surface area contributed by atoms with Gasteiger partial charge in [0.05, 0.1) is 0 Å². The molecule has 0 saturated heterocycles. The van der Waals surface area contributed by atoms with Crippen molar-refractivity contribution in [3.63, 3.8) is 0 Å². The lowest BCUT2D eigenvalue weighted by atomic mass is 10.1. The molecule has 0 amide bonds. The quantitative estimate of drug-likeness (QED) is 0.772. The molecule has 0 bridgehead atoms. The van der Waals surface area contributed by atoms with Crippen molar-refractivity contribution < 1.29 is 5.11 Å². The molecule has 0 saturated carbocycles. The molecule has 15 heavy (non-hydrogen) atoms. The molecule has 0 radical (unpaired) electrons. The normalized spacial score (nSPS) is 13.1. The van der Waals surface area contributed by atoms with E-state index in [9.17, 15) is 0 Å². The highest BCUT2D eigenvalue weighted by molar-refractivity contribution is 5.14. The van der Waals surface area contributed by atoms with Gasteiger partial charge in [0, 0.05) is 19.7 Å². The van der Waals surface area contributed by atoms with Crippen LogP contribution in [-0.2, 0) is 6.54 Å². The monoisotopic (exact) mass is 207 g/mol. The molecule has 1 aromatic carbocycles. The second-order valence-electron chi connectivity index (χ2n) is 4.10. The molecular weight excluding hydrogens is 186 g/mol. The molecule has 1 rings (SSSR count). The summed E-state index contributed by atoms with van der Waals surface area (Å²) in [6, 6.07) is 10.5. The van der Waals surface area contributed by atoms with E-state index in [4.69, 9.17) is 5.11 Å². The van der Waals surface area contributed by atoms with Crippen molar-refractivity contribution in [1.82, 2.24) is 4.90 Å². The van der Waals surface area contributed by atoms with Gasteiger partial charge in [-0.15, -0.1) is 0 Å². The van der Waals surface area contributed by atoms with Gasteiger partial charge in [-0.25, -0.2) is 0 Å². The summed E-state index contributed by atoms with van der Waals surface area (Å²) in [6.45, 7) is 7.47.